The summed E-state index contributed by atoms with van der Waals surface area (Å²) < 4.78 is 0. The van der Waals surface area contributed by atoms with Gasteiger partial charge in [-0.05, 0) is 37.9 Å². The standard InChI is InChI=1S/C19H25N5O2/c20-18(25)17-12-15(22-24(17)13-6-2-1-3-7-13)19(26)21-14-9-11-23-10-5-4-8-16(14)23/h1-3,6-7,14,16-17H,4-5,8-12H2,(H2,20,25)(H,21,26)/t14-,16-,17-/m0/s1. The fourth-order valence-corrected chi connectivity index (χ4v) is 4.36. The van der Waals surface area contributed by atoms with Crippen LogP contribution < -0.4 is 16.1 Å². The summed E-state index contributed by atoms with van der Waals surface area (Å²) in [5, 5.41) is 9.16. The molecule has 3 heterocycles. The van der Waals surface area contributed by atoms with Gasteiger partial charge in [0.25, 0.3) is 5.91 Å². The largest absolute Gasteiger partial charge is 0.368 e. The van der Waals surface area contributed by atoms with Crippen molar-refractivity contribution >= 4 is 23.2 Å². The molecule has 1 aromatic carbocycles. The lowest BCUT2D eigenvalue weighted by Crippen LogP contribution is -2.48. The first-order chi connectivity index (χ1) is 12.6. The first-order valence-corrected chi connectivity index (χ1v) is 9.39. The maximum Gasteiger partial charge on any atom is 0.267 e. The second kappa shape index (κ2) is 7.07. The van der Waals surface area contributed by atoms with E-state index in [-0.39, 0.29) is 18.4 Å². The number of hydrazone groups is 1. The summed E-state index contributed by atoms with van der Waals surface area (Å²) in [5.74, 6) is -0.646. The number of piperidine rings is 1. The Balaban J connectivity index is 1.48. The summed E-state index contributed by atoms with van der Waals surface area (Å²) in [4.78, 5) is 27.1. The molecule has 2 fully saturated rings. The van der Waals surface area contributed by atoms with E-state index in [1.54, 1.807) is 5.01 Å². The molecule has 0 bridgehead atoms. The van der Waals surface area contributed by atoms with Crippen LogP contribution in [0.2, 0.25) is 0 Å². The molecule has 0 unspecified atom stereocenters. The highest BCUT2D eigenvalue weighted by Gasteiger charge is 2.39. The van der Waals surface area contributed by atoms with E-state index < -0.39 is 11.9 Å². The quantitative estimate of drug-likeness (QED) is 0.838. The van der Waals surface area contributed by atoms with Crippen molar-refractivity contribution in [2.75, 3.05) is 18.1 Å². The highest BCUT2D eigenvalue weighted by Crippen LogP contribution is 2.28. The van der Waals surface area contributed by atoms with Crippen LogP contribution in [0.5, 0.6) is 0 Å². The zero-order chi connectivity index (χ0) is 18.1. The molecule has 0 aliphatic carbocycles. The molecule has 3 aliphatic rings. The molecule has 7 heteroatoms. The maximum absolute atomic E-state index is 12.8. The third-order valence-electron chi connectivity index (χ3n) is 5.69. The average Bonchev–Trinajstić information content (AvgIpc) is 3.28. The first kappa shape index (κ1) is 17.0. The van der Waals surface area contributed by atoms with E-state index in [4.69, 9.17) is 5.73 Å². The van der Waals surface area contributed by atoms with Gasteiger partial charge in [-0.3, -0.25) is 19.5 Å². The van der Waals surface area contributed by atoms with Crippen molar-refractivity contribution in [3.8, 4) is 0 Å². The predicted molar refractivity (Wildman–Crippen MR) is 99.7 cm³/mol. The maximum atomic E-state index is 12.8. The number of rotatable bonds is 4. The van der Waals surface area contributed by atoms with E-state index in [2.05, 4.69) is 15.3 Å². The Labute approximate surface area is 153 Å². The molecular weight excluding hydrogens is 330 g/mol. The van der Waals surface area contributed by atoms with Gasteiger partial charge in [0.1, 0.15) is 11.8 Å². The molecule has 7 nitrogen and oxygen atoms in total. The van der Waals surface area contributed by atoms with E-state index in [1.807, 2.05) is 30.3 Å². The first-order valence-electron chi connectivity index (χ1n) is 9.39. The van der Waals surface area contributed by atoms with Crippen molar-refractivity contribution in [1.29, 1.82) is 0 Å². The molecular formula is C19H25N5O2. The molecule has 4 rings (SSSR count). The fraction of sp³-hybridized carbons (Fsp3) is 0.526. The van der Waals surface area contributed by atoms with Crippen molar-refractivity contribution in [3.05, 3.63) is 30.3 Å². The van der Waals surface area contributed by atoms with Gasteiger partial charge >= 0.3 is 0 Å². The third kappa shape index (κ3) is 3.19. The molecule has 2 saturated heterocycles. The fourth-order valence-electron chi connectivity index (χ4n) is 4.36. The Hall–Kier alpha value is -2.41. The number of nitrogens with two attached hydrogens (primary N) is 1. The molecule has 3 atom stereocenters. The van der Waals surface area contributed by atoms with Gasteiger partial charge in [-0.25, -0.2) is 0 Å². The van der Waals surface area contributed by atoms with Crippen LogP contribution in [-0.2, 0) is 9.59 Å². The Morgan fingerprint density at radius 2 is 1.92 bits per heavy atom. The van der Waals surface area contributed by atoms with Gasteiger partial charge < -0.3 is 11.1 Å². The number of hydrogen-bond donors (Lipinski definition) is 2. The second-order valence-electron chi connectivity index (χ2n) is 7.32. The minimum Gasteiger partial charge on any atom is -0.368 e. The number of carbonyl (C=O) groups is 2. The van der Waals surface area contributed by atoms with Crippen LogP contribution in [0.15, 0.2) is 35.4 Å². The molecule has 0 radical (unpaired) electrons. The van der Waals surface area contributed by atoms with Gasteiger partial charge in [0, 0.05) is 25.0 Å². The molecule has 2 amide bonds. The van der Waals surface area contributed by atoms with Gasteiger partial charge in [0.15, 0.2) is 0 Å². The second-order valence-corrected chi connectivity index (χ2v) is 7.32. The molecule has 0 spiro atoms. The lowest BCUT2D eigenvalue weighted by Gasteiger charge is -2.32. The van der Waals surface area contributed by atoms with Crippen LogP contribution in [0.3, 0.4) is 0 Å². The molecule has 26 heavy (non-hydrogen) atoms. The predicted octanol–water partition coefficient (Wildman–Crippen LogP) is 0.850. The summed E-state index contributed by atoms with van der Waals surface area (Å²) >= 11 is 0. The third-order valence-corrected chi connectivity index (χ3v) is 5.69. The summed E-state index contributed by atoms with van der Waals surface area (Å²) in [6.45, 7) is 2.17. The monoisotopic (exact) mass is 355 g/mol. The normalized spacial score (nSPS) is 28.5. The molecule has 138 valence electrons. The van der Waals surface area contributed by atoms with Crippen LogP contribution in [-0.4, -0.2) is 53.6 Å². The van der Waals surface area contributed by atoms with Crippen LogP contribution >= 0.6 is 0 Å². The molecule has 3 aliphatic heterocycles. The van der Waals surface area contributed by atoms with Gasteiger partial charge in [0.2, 0.25) is 5.91 Å². The Morgan fingerprint density at radius 1 is 1.12 bits per heavy atom. The lowest BCUT2D eigenvalue weighted by atomic mass is 9.98. The number of fused-ring (bicyclic) bond motifs is 1. The molecule has 1 aromatic rings. The van der Waals surface area contributed by atoms with Crippen molar-refractivity contribution < 1.29 is 9.59 Å². The van der Waals surface area contributed by atoms with E-state index in [0.29, 0.717) is 11.8 Å². The lowest BCUT2D eigenvalue weighted by molar-refractivity contribution is -0.119. The molecule has 0 saturated carbocycles. The number of anilines is 1. The molecule has 0 aromatic heterocycles. The van der Waals surface area contributed by atoms with Crippen LogP contribution in [0.1, 0.15) is 32.1 Å². The Morgan fingerprint density at radius 3 is 2.69 bits per heavy atom. The Bertz CT molecular complexity index is 720. The number of hydrogen-bond acceptors (Lipinski definition) is 5. The van der Waals surface area contributed by atoms with Gasteiger partial charge in [-0.1, -0.05) is 24.6 Å². The Kier molecular flexibility index (Phi) is 4.63. The number of benzene rings is 1. The van der Waals surface area contributed by atoms with Gasteiger partial charge in [-0.15, -0.1) is 0 Å². The average molecular weight is 355 g/mol. The van der Waals surface area contributed by atoms with Crippen molar-refractivity contribution in [3.63, 3.8) is 0 Å². The van der Waals surface area contributed by atoms with E-state index in [1.165, 1.54) is 12.8 Å². The number of primary amides is 1. The van der Waals surface area contributed by atoms with E-state index in [0.717, 1.165) is 31.6 Å². The van der Waals surface area contributed by atoms with Crippen LogP contribution in [0, 0.1) is 0 Å². The van der Waals surface area contributed by atoms with Crippen molar-refractivity contribution in [1.82, 2.24) is 10.2 Å². The van der Waals surface area contributed by atoms with Crippen LogP contribution in [0.25, 0.3) is 0 Å². The number of nitrogens with one attached hydrogen (secondary N) is 1. The zero-order valence-electron chi connectivity index (χ0n) is 14.8. The smallest absolute Gasteiger partial charge is 0.267 e. The zero-order valence-corrected chi connectivity index (χ0v) is 14.8. The summed E-state index contributed by atoms with van der Waals surface area (Å²) in [6.07, 6.45) is 4.83. The van der Waals surface area contributed by atoms with Crippen LogP contribution in [0.4, 0.5) is 5.69 Å². The molecule has 3 N–H and O–H groups in total. The minimum absolute atomic E-state index is 0.170. The van der Waals surface area contributed by atoms with Gasteiger partial charge in [0.05, 0.1) is 5.69 Å². The number of nitrogens with zero attached hydrogens (tertiary/aromatic N) is 3. The highest BCUT2D eigenvalue weighted by molar-refractivity contribution is 6.40. The number of para-hydroxylation sites is 1. The van der Waals surface area contributed by atoms with E-state index in [9.17, 15) is 9.59 Å². The van der Waals surface area contributed by atoms with Gasteiger partial charge in [-0.2, -0.15) is 5.10 Å². The van der Waals surface area contributed by atoms with Crippen molar-refractivity contribution in [2.45, 2.75) is 50.2 Å². The summed E-state index contributed by atoms with van der Waals surface area (Å²) in [7, 11) is 0. The highest BCUT2D eigenvalue weighted by atomic mass is 16.2. The number of carbonyl (C=O) groups excluding carboxylic acids is 2. The van der Waals surface area contributed by atoms with Crippen molar-refractivity contribution in [2.24, 2.45) is 10.8 Å². The van der Waals surface area contributed by atoms with E-state index >= 15 is 0 Å². The SMILES string of the molecule is NC(=O)[C@@H]1CC(C(=O)N[C@H]2CCN3CCCC[C@@H]23)=NN1c1ccccc1. The summed E-state index contributed by atoms with van der Waals surface area (Å²) in [5.41, 5.74) is 6.69. The topological polar surface area (TPSA) is 91.0 Å². The number of amides is 2. The summed E-state index contributed by atoms with van der Waals surface area (Å²) in [6, 6.07) is 9.34. The minimum atomic E-state index is -0.618.